The third-order valence-electron chi connectivity index (χ3n) is 10.9. The molecule has 1 aromatic heterocycles. The van der Waals surface area contributed by atoms with E-state index in [1.54, 1.807) is 32.2 Å². The van der Waals surface area contributed by atoms with Gasteiger partial charge >= 0.3 is 18.0 Å². The number of amidine groups is 1. The summed E-state index contributed by atoms with van der Waals surface area (Å²) in [5.74, 6) is -1.07. The molecule has 8 rings (SSSR count). The number of benzene rings is 1. The number of carboxylic acids is 1. The molecule has 3 aliphatic carbocycles. The first-order valence-electron chi connectivity index (χ1n) is 16.1. The van der Waals surface area contributed by atoms with Gasteiger partial charge in [-0.15, -0.1) is 11.3 Å². The van der Waals surface area contributed by atoms with E-state index in [1.165, 1.54) is 17.4 Å². The van der Waals surface area contributed by atoms with Gasteiger partial charge in [0.25, 0.3) is 0 Å². The van der Waals surface area contributed by atoms with Gasteiger partial charge in [-0.25, -0.2) is 19.0 Å². The van der Waals surface area contributed by atoms with Crippen LogP contribution in [0.4, 0.5) is 9.18 Å². The van der Waals surface area contributed by atoms with Crippen molar-refractivity contribution in [1.82, 2.24) is 25.0 Å². The van der Waals surface area contributed by atoms with Gasteiger partial charge in [0.2, 0.25) is 0 Å². The summed E-state index contributed by atoms with van der Waals surface area (Å²) < 4.78 is 20.3. The molecule has 1 aromatic carbocycles. The number of carboxylic acid groups (broad SMARTS) is 1. The lowest BCUT2D eigenvalue weighted by Crippen LogP contribution is -2.59. The predicted octanol–water partition coefficient (Wildman–Crippen LogP) is 4.10. The van der Waals surface area contributed by atoms with E-state index in [9.17, 15) is 23.9 Å². The van der Waals surface area contributed by atoms with Crippen LogP contribution in [-0.4, -0.2) is 99.5 Å². The Hall–Kier alpha value is -3.84. The molecule has 0 radical (unpaired) electrons. The Bertz CT molecular complexity index is 1600. The summed E-state index contributed by atoms with van der Waals surface area (Å²) in [5.41, 5.74) is 1.08. The van der Waals surface area contributed by atoms with E-state index in [4.69, 9.17) is 9.73 Å². The number of esters is 1. The molecule has 2 amide bonds. The highest BCUT2D eigenvalue weighted by atomic mass is 32.1. The molecule has 13 heteroatoms. The minimum Gasteiger partial charge on any atom is -0.481 e. The van der Waals surface area contributed by atoms with Crippen molar-refractivity contribution in [2.24, 2.45) is 10.4 Å². The zero-order chi connectivity index (χ0) is 32.2. The van der Waals surface area contributed by atoms with Crippen molar-refractivity contribution in [3.63, 3.8) is 0 Å². The molecular formula is C33H39FN6O5S. The first-order valence-corrected chi connectivity index (χ1v) is 17.0. The van der Waals surface area contributed by atoms with Crippen LogP contribution in [-0.2, 0) is 14.3 Å². The molecule has 2 saturated heterocycles. The van der Waals surface area contributed by atoms with Crippen molar-refractivity contribution in [2.45, 2.75) is 70.0 Å². The smallest absolute Gasteiger partial charge is 0.338 e. The molecule has 3 saturated carbocycles. The van der Waals surface area contributed by atoms with Gasteiger partial charge in [0, 0.05) is 55.5 Å². The average Bonchev–Trinajstić information content (AvgIpc) is 3.72. The van der Waals surface area contributed by atoms with Gasteiger partial charge in [0.05, 0.1) is 23.6 Å². The number of ether oxygens (including phenoxy) is 1. The summed E-state index contributed by atoms with van der Waals surface area (Å²) in [6.07, 6.45) is 5.74. The number of thiazole rings is 1. The van der Waals surface area contributed by atoms with Crippen LogP contribution >= 0.6 is 11.3 Å². The van der Waals surface area contributed by atoms with Crippen LogP contribution in [0, 0.1) is 18.2 Å². The molecular weight excluding hydrogens is 611 g/mol. The van der Waals surface area contributed by atoms with Gasteiger partial charge in [-0.1, -0.05) is 12.1 Å². The monoisotopic (exact) mass is 650 g/mol. The van der Waals surface area contributed by atoms with E-state index >= 15 is 0 Å². The molecule has 46 heavy (non-hydrogen) atoms. The minimum atomic E-state index is -0.788. The summed E-state index contributed by atoms with van der Waals surface area (Å²) >= 11 is 1.42. The molecule has 5 fully saturated rings. The number of nitrogens with zero attached hydrogens (tertiary/aromatic N) is 5. The topological polar surface area (TPSA) is 128 Å². The number of aromatic nitrogens is 1. The Morgan fingerprint density at radius 1 is 1.15 bits per heavy atom. The number of aliphatic imine (C=N–C) groups is 1. The van der Waals surface area contributed by atoms with Crippen molar-refractivity contribution in [1.29, 1.82) is 0 Å². The van der Waals surface area contributed by atoms with E-state index < -0.39 is 23.4 Å². The van der Waals surface area contributed by atoms with Gasteiger partial charge in [-0.3, -0.25) is 14.7 Å². The number of fused-ring (bicyclic) bond motifs is 4. The molecule has 2 bridgehead atoms. The third-order valence-corrected chi connectivity index (χ3v) is 11.7. The van der Waals surface area contributed by atoms with Crippen molar-refractivity contribution in [3.8, 4) is 0 Å². The SMILES string of the molecule is CCOC(=O)C1=C(CN2CCN3C(=O)N(C45CCC(C(=O)O)(CC4)CC5)C[C@@H]3C2)NC(c2nccs2)=N[C@H]1c1cccc(F)c1C. The summed E-state index contributed by atoms with van der Waals surface area (Å²) in [4.78, 5) is 54.9. The number of halogens is 1. The highest BCUT2D eigenvalue weighted by molar-refractivity contribution is 7.11. The lowest BCUT2D eigenvalue weighted by Gasteiger charge is -2.54. The van der Waals surface area contributed by atoms with E-state index in [1.807, 2.05) is 15.2 Å². The van der Waals surface area contributed by atoms with Gasteiger partial charge in [0.1, 0.15) is 11.9 Å². The molecule has 11 nitrogen and oxygen atoms in total. The third kappa shape index (κ3) is 5.07. The quantitative estimate of drug-likeness (QED) is 0.409. The Balaban J connectivity index is 1.16. The van der Waals surface area contributed by atoms with E-state index in [0.717, 1.165) is 19.3 Å². The van der Waals surface area contributed by atoms with Crippen LogP contribution in [0.2, 0.25) is 0 Å². The fourth-order valence-electron chi connectivity index (χ4n) is 8.19. The zero-order valence-electron chi connectivity index (χ0n) is 26.1. The van der Waals surface area contributed by atoms with Crippen LogP contribution in [0.1, 0.15) is 67.6 Å². The van der Waals surface area contributed by atoms with Crippen LogP contribution in [0.15, 0.2) is 46.0 Å². The van der Waals surface area contributed by atoms with Crippen LogP contribution in [0.3, 0.4) is 0 Å². The molecule has 2 N–H and O–H groups in total. The molecule has 3 aliphatic heterocycles. The lowest BCUT2D eigenvalue weighted by molar-refractivity contribution is -0.158. The van der Waals surface area contributed by atoms with Crippen molar-refractivity contribution >= 4 is 35.1 Å². The average molecular weight is 651 g/mol. The molecule has 0 unspecified atom stereocenters. The van der Waals surface area contributed by atoms with Crippen LogP contribution in [0.25, 0.3) is 0 Å². The Labute approximate surface area is 271 Å². The number of aliphatic carboxylic acids is 1. The van der Waals surface area contributed by atoms with Gasteiger partial charge in [-0.05, 0) is 69.6 Å². The van der Waals surface area contributed by atoms with E-state index in [-0.39, 0.29) is 30.0 Å². The van der Waals surface area contributed by atoms with Crippen molar-refractivity contribution < 1.29 is 28.6 Å². The molecule has 2 atom stereocenters. The second kappa shape index (κ2) is 11.8. The lowest BCUT2D eigenvalue weighted by atomic mass is 9.57. The fourth-order valence-corrected chi connectivity index (χ4v) is 8.78. The summed E-state index contributed by atoms with van der Waals surface area (Å²) in [6, 6.07) is 4.06. The van der Waals surface area contributed by atoms with Gasteiger partial charge in [-0.2, -0.15) is 0 Å². The van der Waals surface area contributed by atoms with Crippen LogP contribution in [0.5, 0.6) is 0 Å². The van der Waals surface area contributed by atoms with Gasteiger partial charge < -0.3 is 25.0 Å². The first kappa shape index (κ1) is 30.8. The summed E-state index contributed by atoms with van der Waals surface area (Å²) in [6.45, 7) is 6.39. The number of hydrogen-bond acceptors (Lipinski definition) is 9. The first-order chi connectivity index (χ1) is 22.1. The van der Waals surface area contributed by atoms with Crippen molar-refractivity contribution in [3.05, 3.63) is 63.0 Å². The number of carbonyl (C=O) groups excluding carboxylic acids is 2. The fraction of sp³-hybridized carbons (Fsp3) is 0.545. The molecule has 2 aromatic rings. The Kier molecular flexibility index (Phi) is 7.87. The normalized spacial score (nSPS) is 29.5. The maximum atomic E-state index is 14.8. The largest absolute Gasteiger partial charge is 0.481 e. The molecule has 4 heterocycles. The number of piperazine rings is 1. The number of amides is 2. The highest BCUT2D eigenvalue weighted by Gasteiger charge is 2.58. The zero-order valence-corrected chi connectivity index (χ0v) is 26.9. The van der Waals surface area contributed by atoms with Crippen molar-refractivity contribution in [2.75, 3.05) is 39.3 Å². The summed E-state index contributed by atoms with van der Waals surface area (Å²) in [7, 11) is 0. The number of urea groups is 1. The maximum absolute atomic E-state index is 14.8. The standard InChI is InChI=1S/C33H39FN6O5S/c1-3-45-29(41)25-24(36-27(28-35-13-16-46-28)37-26(25)22-5-4-6-23(34)20(22)2)19-38-14-15-39-21(17-38)18-40(31(39)44)33-10-7-32(8-11-33,9-12-33)30(42)43/h4-6,13,16,21,26H,3,7-12,14-15,17-19H2,1-2H3,(H,36,37)(H,42,43)/t21-,26-,32?,33?/m0/s1. The number of nitrogens with one attached hydrogen (secondary N) is 1. The van der Waals surface area contributed by atoms with E-state index in [2.05, 4.69) is 15.2 Å². The molecule has 6 aliphatic rings. The number of rotatable bonds is 8. The predicted molar refractivity (Wildman–Crippen MR) is 169 cm³/mol. The number of hydrogen-bond donors (Lipinski definition) is 2. The Morgan fingerprint density at radius 3 is 2.59 bits per heavy atom. The molecule has 244 valence electrons. The second-order valence-corrected chi connectivity index (χ2v) is 14.1. The van der Waals surface area contributed by atoms with E-state index in [0.29, 0.717) is 85.2 Å². The molecule has 0 spiro atoms. The Morgan fingerprint density at radius 2 is 1.91 bits per heavy atom. The summed E-state index contributed by atoms with van der Waals surface area (Å²) in [5, 5.41) is 15.8. The maximum Gasteiger partial charge on any atom is 0.338 e. The second-order valence-electron chi connectivity index (χ2n) is 13.2. The van der Waals surface area contributed by atoms with Gasteiger partial charge in [0.15, 0.2) is 10.8 Å². The highest BCUT2D eigenvalue weighted by Crippen LogP contribution is 2.55. The van der Waals surface area contributed by atoms with Crippen LogP contribution < -0.4 is 5.32 Å². The number of carbonyl (C=O) groups is 3. The minimum absolute atomic E-state index is 0.0210.